The van der Waals surface area contributed by atoms with Gasteiger partial charge >= 0.3 is 6.18 Å². The smallest absolute Gasteiger partial charge is 0.343 e. The second kappa shape index (κ2) is 4.65. The predicted molar refractivity (Wildman–Crippen MR) is 77.8 cm³/mol. The number of nitrogens with one attached hydrogen (secondary N) is 1. The first-order valence-electron chi connectivity index (χ1n) is 6.80. The van der Waals surface area contributed by atoms with Crippen molar-refractivity contribution in [2.75, 3.05) is 0 Å². The molecule has 0 saturated heterocycles. The molecule has 116 valence electrons. The third-order valence-corrected chi connectivity index (χ3v) is 3.87. The molecule has 0 amide bonds. The van der Waals surface area contributed by atoms with Crippen LogP contribution in [0.3, 0.4) is 0 Å². The molecule has 0 aliphatic carbocycles. The highest BCUT2D eigenvalue weighted by atomic mass is 19.4. The fourth-order valence-corrected chi connectivity index (χ4v) is 2.75. The van der Waals surface area contributed by atoms with Gasteiger partial charge in [0.25, 0.3) is 0 Å². The van der Waals surface area contributed by atoms with E-state index in [1.54, 1.807) is 6.21 Å². The van der Waals surface area contributed by atoms with E-state index in [4.69, 9.17) is 0 Å². The maximum Gasteiger partial charge on any atom is 0.416 e. The number of hydrogen-bond donors (Lipinski definition) is 1. The third kappa shape index (κ3) is 2.19. The number of aromatic amines is 1. The molecule has 23 heavy (non-hydrogen) atoms. The van der Waals surface area contributed by atoms with E-state index < -0.39 is 17.6 Å². The summed E-state index contributed by atoms with van der Waals surface area (Å²) < 4.78 is 53.0. The van der Waals surface area contributed by atoms with E-state index in [2.05, 4.69) is 15.0 Å². The van der Waals surface area contributed by atoms with E-state index in [-0.39, 0.29) is 11.9 Å². The Labute approximate surface area is 127 Å². The van der Waals surface area contributed by atoms with Gasteiger partial charge in [-0.1, -0.05) is 0 Å². The number of H-pyrrole nitrogens is 1. The van der Waals surface area contributed by atoms with Gasteiger partial charge in [-0.3, -0.25) is 4.99 Å². The van der Waals surface area contributed by atoms with Crippen LogP contribution < -0.4 is 0 Å². The van der Waals surface area contributed by atoms with Crippen LogP contribution in [0.1, 0.15) is 16.7 Å². The number of nitrogens with zero attached hydrogens (tertiary/aromatic N) is 2. The fraction of sp³-hybridized carbons (Fsp3) is 0.125. The van der Waals surface area contributed by atoms with E-state index in [1.165, 1.54) is 18.5 Å². The van der Waals surface area contributed by atoms with Crippen LogP contribution in [-0.2, 0) is 12.7 Å². The summed E-state index contributed by atoms with van der Waals surface area (Å²) in [4.78, 5) is 10.8. The molecule has 2 aromatic heterocycles. The van der Waals surface area contributed by atoms with Crippen LogP contribution in [0.5, 0.6) is 0 Å². The topological polar surface area (TPSA) is 41.0 Å². The van der Waals surface area contributed by atoms with E-state index in [0.29, 0.717) is 27.9 Å². The number of alkyl halides is 3. The standard InChI is InChI=1S/C16H9F4N3/c17-14-7-23-15-12(14)2-9(5-22-15)11-3-10(16(18,19)20)1-8-4-21-6-13(8)11/h1-3,5-7H,4H2,(H,22,23). The number of hydrogen-bond acceptors (Lipinski definition) is 2. The van der Waals surface area contributed by atoms with Crippen LogP contribution >= 0.6 is 0 Å². The van der Waals surface area contributed by atoms with Crippen LogP contribution in [0.2, 0.25) is 0 Å². The summed E-state index contributed by atoms with van der Waals surface area (Å²) in [6.07, 6.45) is -0.314. The van der Waals surface area contributed by atoms with Crippen molar-refractivity contribution in [3.8, 4) is 11.1 Å². The molecule has 0 saturated carbocycles. The van der Waals surface area contributed by atoms with E-state index in [1.807, 2.05) is 0 Å². The monoisotopic (exact) mass is 319 g/mol. The SMILES string of the molecule is Fc1c[nH]c2ncc(-c3cc(C(F)(F)F)cc4c3C=NC4)cc12. The molecule has 1 aliphatic heterocycles. The molecule has 0 bridgehead atoms. The summed E-state index contributed by atoms with van der Waals surface area (Å²) in [7, 11) is 0. The second-order valence-corrected chi connectivity index (χ2v) is 5.32. The average Bonchev–Trinajstić information content (AvgIpc) is 3.12. The Bertz CT molecular complexity index is 954. The van der Waals surface area contributed by atoms with Crippen LogP contribution in [-0.4, -0.2) is 16.2 Å². The van der Waals surface area contributed by atoms with Crippen molar-refractivity contribution in [3.05, 3.63) is 53.1 Å². The molecule has 1 aliphatic rings. The lowest BCUT2D eigenvalue weighted by Gasteiger charge is -2.13. The molecule has 0 radical (unpaired) electrons. The molecule has 1 N–H and O–H groups in total. The summed E-state index contributed by atoms with van der Waals surface area (Å²) in [5.74, 6) is -0.494. The Hall–Kier alpha value is -2.70. The molecule has 0 unspecified atom stereocenters. The molecule has 0 atom stereocenters. The molecule has 0 fully saturated rings. The largest absolute Gasteiger partial charge is 0.416 e. The van der Waals surface area contributed by atoms with Crippen molar-refractivity contribution < 1.29 is 17.6 Å². The van der Waals surface area contributed by atoms with Gasteiger partial charge < -0.3 is 4.98 Å². The first-order valence-corrected chi connectivity index (χ1v) is 6.80. The number of aliphatic imine (C=N–C) groups is 1. The van der Waals surface area contributed by atoms with Gasteiger partial charge in [-0.05, 0) is 29.3 Å². The number of pyridine rings is 1. The molecule has 3 aromatic rings. The second-order valence-electron chi connectivity index (χ2n) is 5.32. The zero-order valence-corrected chi connectivity index (χ0v) is 11.6. The minimum atomic E-state index is -4.46. The Morgan fingerprint density at radius 2 is 1.96 bits per heavy atom. The molecular weight excluding hydrogens is 310 g/mol. The number of fused-ring (bicyclic) bond motifs is 2. The summed E-state index contributed by atoms with van der Waals surface area (Å²) in [5.41, 5.74) is 1.51. The number of aromatic nitrogens is 2. The van der Waals surface area contributed by atoms with Crippen LogP contribution in [0.15, 0.2) is 35.6 Å². The van der Waals surface area contributed by atoms with Gasteiger partial charge in [-0.25, -0.2) is 9.37 Å². The number of benzene rings is 1. The third-order valence-electron chi connectivity index (χ3n) is 3.87. The van der Waals surface area contributed by atoms with Gasteiger partial charge in [0, 0.05) is 29.7 Å². The summed E-state index contributed by atoms with van der Waals surface area (Å²) in [6, 6.07) is 3.66. The van der Waals surface area contributed by atoms with Crippen molar-refractivity contribution >= 4 is 17.2 Å². The zero-order chi connectivity index (χ0) is 16.2. The number of halogens is 4. The van der Waals surface area contributed by atoms with E-state index in [0.717, 1.165) is 12.1 Å². The molecule has 4 rings (SSSR count). The highest BCUT2D eigenvalue weighted by molar-refractivity contribution is 5.95. The highest BCUT2D eigenvalue weighted by Crippen LogP contribution is 2.37. The minimum Gasteiger partial charge on any atom is -0.343 e. The van der Waals surface area contributed by atoms with E-state index in [9.17, 15) is 17.6 Å². The van der Waals surface area contributed by atoms with Crippen molar-refractivity contribution in [1.82, 2.24) is 9.97 Å². The quantitative estimate of drug-likeness (QED) is 0.667. The minimum absolute atomic E-state index is 0.209. The normalized spacial score (nSPS) is 13.7. The van der Waals surface area contributed by atoms with Crippen LogP contribution in [0.25, 0.3) is 22.2 Å². The lowest BCUT2D eigenvalue weighted by atomic mass is 9.94. The van der Waals surface area contributed by atoms with Gasteiger partial charge in [0.2, 0.25) is 0 Å². The Morgan fingerprint density at radius 1 is 1.13 bits per heavy atom. The molecule has 0 spiro atoms. The first-order chi connectivity index (χ1) is 10.9. The predicted octanol–water partition coefficient (Wildman–Crippen LogP) is 4.32. The number of rotatable bonds is 1. The zero-order valence-electron chi connectivity index (χ0n) is 11.6. The summed E-state index contributed by atoms with van der Waals surface area (Å²) in [6.45, 7) is 0.209. The molecule has 3 nitrogen and oxygen atoms in total. The van der Waals surface area contributed by atoms with Crippen molar-refractivity contribution in [1.29, 1.82) is 0 Å². The van der Waals surface area contributed by atoms with Gasteiger partial charge in [-0.2, -0.15) is 13.2 Å². The Balaban J connectivity index is 1.97. The molecule has 3 heterocycles. The highest BCUT2D eigenvalue weighted by Gasteiger charge is 2.32. The first kappa shape index (κ1) is 13.9. The maximum atomic E-state index is 13.7. The van der Waals surface area contributed by atoms with Gasteiger partial charge in [0.05, 0.1) is 17.5 Å². The van der Waals surface area contributed by atoms with Crippen molar-refractivity contribution in [3.63, 3.8) is 0 Å². The maximum absolute atomic E-state index is 13.7. The van der Waals surface area contributed by atoms with Gasteiger partial charge in [-0.15, -0.1) is 0 Å². The molecule has 1 aromatic carbocycles. The summed E-state index contributed by atoms with van der Waals surface area (Å²) >= 11 is 0. The van der Waals surface area contributed by atoms with Crippen molar-refractivity contribution in [2.24, 2.45) is 4.99 Å². The van der Waals surface area contributed by atoms with Gasteiger partial charge in [0.1, 0.15) is 11.5 Å². The molecular formula is C16H9F4N3. The molecule has 7 heteroatoms. The average molecular weight is 319 g/mol. The summed E-state index contributed by atoms with van der Waals surface area (Å²) in [5, 5.41) is 0.239. The van der Waals surface area contributed by atoms with Crippen LogP contribution in [0.4, 0.5) is 17.6 Å². The fourth-order valence-electron chi connectivity index (χ4n) is 2.75. The van der Waals surface area contributed by atoms with E-state index >= 15 is 0 Å². The van der Waals surface area contributed by atoms with Crippen molar-refractivity contribution in [2.45, 2.75) is 12.7 Å². The lowest BCUT2D eigenvalue weighted by molar-refractivity contribution is -0.137. The van der Waals surface area contributed by atoms with Crippen LogP contribution in [0, 0.1) is 5.82 Å². The Kier molecular flexibility index (Phi) is 2.81. The van der Waals surface area contributed by atoms with Gasteiger partial charge in [0.15, 0.2) is 0 Å². The Morgan fingerprint density at radius 3 is 2.74 bits per heavy atom. The lowest BCUT2D eigenvalue weighted by Crippen LogP contribution is -2.07.